The highest BCUT2D eigenvalue weighted by Gasteiger charge is 2.32. The summed E-state index contributed by atoms with van der Waals surface area (Å²) in [6, 6.07) is 10.1. The summed E-state index contributed by atoms with van der Waals surface area (Å²) < 4.78 is 44.1. The highest BCUT2D eigenvalue weighted by molar-refractivity contribution is 5.95. The molecule has 26 heavy (non-hydrogen) atoms. The molecule has 2 heterocycles. The van der Waals surface area contributed by atoms with Gasteiger partial charge in [0, 0.05) is 24.3 Å². The third kappa shape index (κ3) is 4.60. The predicted octanol–water partition coefficient (Wildman–Crippen LogP) is 4.07. The van der Waals surface area contributed by atoms with E-state index in [2.05, 4.69) is 10.3 Å². The van der Waals surface area contributed by atoms with Gasteiger partial charge in [0.2, 0.25) is 0 Å². The van der Waals surface area contributed by atoms with E-state index in [4.69, 9.17) is 4.74 Å². The molecule has 1 amide bonds. The minimum absolute atomic E-state index is 0.0148. The van der Waals surface area contributed by atoms with Gasteiger partial charge in [-0.25, -0.2) is 4.98 Å². The van der Waals surface area contributed by atoms with Gasteiger partial charge in [0.25, 0.3) is 5.91 Å². The molecule has 0 radical (unpaired) electrons. The third-order valence-corrected chi connectivity index (χ3v) is 4.22. The van der Waals surface area contributed by atoms with E-state index in [-0.39, 0.29) is 17.7 Å². The summed E-state index contributed by atoms with van der Waals surface area (Å²) in [5.41, 5.74) is 0.0413. The van der Waals surface area contributed by atoms with Crippen LogP contribution in [0, 0.1) is 0 Å². The van der Waals surface area contributed by atoms with E-state index in [1.54, 1.807) is 24.3 Å². The molecule has 7 heteroatoms. The SMILES string of the molecule is O=C(NC[C@@H]1CCCCO1)c1cccc(-c2cccc(C(F)(F)F)n2)c1. The maximum absolute atomic E-state index is 12.8. The lowest BCUT2D eigenvalue weighted by Gasteiger charge is -2.22. The highest BCUT2D eigenvalue weighted by atomic mass is 19.4. The van der Waals surface area contributed by atoms with Crippen molar-refractivity contribution in [2.45, 2.75) is 31.5 Å². The van der Waals surface area contributed by atoms with Gasteiger partial charge in [-0.2, -0.15) is 13.2 Å². The van der Waals surface area contributed by atoms with Crippen molar-refractivity contribution < 1.29 is 22.7 Å². The molecule has 0 unspecified atom stereocenters. The summed E-state index contributed by atoms with van der Waals surface area (Å²) in [5, 5.41) is 2.82. The Bertz CT molecular complexity index is 771. The molecule has 4 nitrogen and oxygen atoms in total. The number of hydrogen-bond donors (Lipinski definition) is 1. The number of carbonyl (C=O) groups is 1. The lowest BCUT2D eigenvalue weighted by Crippen LogP contribution is -2.35. The Morgan fingerprint density at radius 2 is 2.00 bits per heavy atom. The quantitative estimate of drug-likeness (QED) is 0.890. The van der Waals surface area contributed by atoms with E-state index in [0.717, 1.165) is 25.3 Å². The Labute approximate surface area is 149 Å². The Morgan fingerprint density at radius 3 is 2.73 bits per heavy atom. The topological polar surface area (TPSA) is 51.2 Å². The molecule has 3 rings (SSSR count). The van der Waals surface area contributed by atoms with Crippen LogP contribution in [-0.4, -0.2) is 30.1 Å². The number of carbonyl (C=O) groups excluding carboxylic acids is 1. The van der Waals surface area contributed by atoms with Gasteiger partial charge in [0.15, 0.2) is 0 Å². The van der Waals surface area contributed by atoms with Crippen molar-refractivity contribution in [3.8, 4) is 11.3 Å². The molecule has 1 aromatic carbocycles. The van der Waals surface area contributed by atoms with E-state index in [9.17, 15) is 18.0 Å². The van der Waals surface area contributed by atoms with Gasteiger partial charge < -0.3 is 10.1 Å². The van der Waals surface area contributed by atoms with Gasteiger partial charge in [-0.1, -0.05) is 18.2 Å². The summed E-state index contributed by atoms with van der Waals surface area (Å²) in [4.78, 5) is 16.0. The summed E-state index contributed by atoms with van der Waals surface area (Å²) in [7, 11) is 0. The normalized spacial score (nSPS) is 17.7. The van der Waals surface area contributed by atoms with Crippen molar-refractivity contribution in [3.63, 3.8) is 0 Å². The average Bonchev–Trinajstić information content (AvgIpc) is 2.66. The van der Waals surface area contributed by atoms with Gasteiger partial charge in [-0.3, -0.25) is 4.79 Å². The summed E-state index contributed by atoms with van der Waals surface area (Å²) in [6.07, 6.45) is -1.46. The molecule has 0 saturated carbocycles. The molecule has 0 aliphatic carbocycles. The first kappa shape index (κ1) is 18.4. The first-order valence-corrected chi connectivity index (χ1v) is 8.48. The summed E-state index contributed by atoms with van der Waals surface area (Å²) in [6.45, 7) is 1.13. The predicted molar refractivity (Wildman–Crippen MR) is 90.6 cm³/mol. The molecule has 1 saturated heterocycles. The lowest BCUT2D eigenvalue weighted by molar-refractivity contribution is -0.141. The molecule has 0 bridgehead atoms. The molecule has 1 aliphatic heterocycles. The van der Waals surface area contributed by atoms with Crippen molar-refractivity contribution in [1.82, 2.24) is 10.3 Å². The second-order valence-electron chi connectivity index (χ2n) is 6.19. The lowest BCUT2D eigenvalue weighted by atomic mass is 10.1. The van der Waals surface area contributed by atoms with E-state index < -0.39 is 11.9 Å². The van der Waals surface area contributed by atoms with Crippen molar-refractivity contribution >= 4 is 5.91 Å². The van der Waals surface area contributed by atoms with E-state index in [0.29, 0.717) is 24.3 Å². The van der Waals surface area contributed by atoms with Crippen molar-refractivity contribution in [2.24, 2.45) is 0 Å². The van der Waals surface area contributed by atoms with Gasteiger partial charge in [0.05, 0.1) is 11.8 Å². The first-order chi connectivity index (χ1) is 12.4. The van der Waals surface area contributed by atoms with Gasteiger partial charge in [0.1, 0.15) is 5.69 Å². The number of nitrogens with one attached hydrogen (secondary N) is 1. The molecular formula is C19H19F3N2O2. The zero-order valence-corrected chi connectivity index (χ0v) is 14.1. The average molecular weight is 364 g/mol. The third-order valence-electron chi connectivity index (χ3n) is 4.22. The molecule has 1 N–H and O–H groups in total. The Kier molecular flexibility index (Phi) is 5.56. The number of hydrogen-bond acceptors (Lipinski definition) is 3. The molecule has 1 fully saturated rings. The Morgan fingerprint density at radius 1 is 1.19 bits per heavy atom. The van der Waals surface area contributed by atoms with Crippen LogP contribution in [0.3, 0.4) is 0 Å². The number of aromatic nitrogens is 1. The van der Waals surface area contributed by atoms with Crippen LogP contribution >= 0.6 is 0 Å². The number of alkyl halides is 3. The fourth-order valence-corrected chi connectivity index (χ4v) is 2.85. The second kappa shape index (κ2) is 7.86. The summed E-state index contributed by atoms with van der Waals surface area (Å²) in [5.74, 6) is -0.284. The fraction of sp³-hybridized carbons (Fsp3) is 0.368. The van der Waals surface area contributed by atoms with Crippen molar-refractivity contribution in [2.75, 3.05) is 13.2 Å². The van der Waals surface area contributed by atoms with Crippen LogP contribution in [0.5, 0.6) is 0 Å². The number of amides is 1. The molecule has 1 aliphatic rings. The number of pyridine rings is 1. The fourth-order valence-electron chi connectivity index (χ4n) is 2.85. The number of rotatable bonds is 4. The molecular weight excluding hydrogens is 345 g/mol. The number of halogens is 3. The highest BCUT2D eigenvalue weighted by Crippen LogP contribution is 2.29. The zero-order chi connectivity index (χ0) is 18.6. The Hall–Kier alpha value is -2.41. The van der Waals surface area contributed by atoms with Crippen LogP contribution in [0.25, 0.3) is 11.3 Å². The second-order valence-corrected chi connectivity index (χ2v) is 6.19. The molecule has 2 aromatic rings. The zero-order valence-electron chi connectivity index (χ0n) is 14.1. The number of benzene rings is 1. The number of ether oxygens (including phenoxy) is 1. The van der Waals surface area contributed by atoms with Crippen LogP contribution < -0.4 is 5.32 Å². The molecule has 0 spiro atoms. The monoisotopic (exact) mass is 364 g/mol. The van der Waals surface area contributed by atoms with Gasteiger partial charge >= 0.3 is 6.18 Å². The molecule has 1 atom stereocenters. The van der Waals surface area contributed by atoms with Crippen LogP contribution in [0.1, 0.15) is 35.3 Å². The van der Waals surface area contributed by atoms with Crippen LogP contribution in [-0.2, 0) is 10.9 Å². The van der Waals surface area contributed by atoms with Gasteiger partial charge in [-0.05, 0) is 43.5 Å². The van der Waals surface area contributed by atoms with Crippen molar-refractivity contribution in [3.05, 3.63) is 53.7 Å². The van der Waals surface area contributed by atoms with Gasteiger partial charge in [-0.15, -0.1) is 0 Å². The maximum atomic E-state index is 12.8. The standard InChI is InChI=1S/C19H19F3N2O2/c20-19(21,22)17-9-4-8-16(24-17)13-5-3-6-14(11-13)18(25)23-12-15-7-1-2-10-26-15/h3-6,8-9,11,15H,1-2,7,10,12H2,(H,23,25)/t15-/m0/s1. The maximum Gasteiger partial charge on any atom is 0.433 e. The first-order valence-electron chi connectivity index (χ1n) is 8.48. The van der Waals surface area contributed by atoms with E-state index >= 15 is 0 Å². The largest absolute Gasteiger partial charge is 0.433 e. The number of nitrogens with zero attached hydrogens (tertiary/aromatic N) is 1. The van der Waals surface area contributed by atoms with Crippen LogP contribution in [0.4, 0.5) is 13.2 Å². The van der Waals surface area contributed by atoms with E-state index in [1.165, 1.54) is 12.1 Å². The minimum Gasteiger partial charge on any atom is -0.376 e. The summed E-state index contributed by atoms with van der Waals surface area (Å²) >= 11 is 0. The molecule has 1 aromatic heterocycles. The minimum atomic E-state index is -4.51. The van der Waals surface area contributed by atoms with E-state index in [1.807, 2.05) is 0 Å². The molecule has 138 valence electrons. The van der Waals surface area contributed by atoms with Crippen LogP contribution in [0.2, 0.25) is 0 Å². The van der Waals surface area contributed by atoms with Crippen molar-refractivity contribution in [1.29, 1.82) is 0 Å². The Balaban J connectivity index is 1.72. The smallest absolute Gasteiger partial charge is 0.376 e. The van der Waals surface area contributed by atoms with Crippen LogP contribution in [0.15, 0.2) is 42.5 Å².